The highest BCUT2D eigenvalue weighted by Gasteiger charge is 2.23. The van der Waals surface area contributed by atoms with E-state index >= 15 is 0 Å². The number of fused-ring (bicyclic) bond motifs is 1. The Kier molecular flexibility index (Phi) is 6.32. The maximum atomic E-state index is 13.9. The Labute approximate surface area is 207 Å². The standard InChI is InChI=1S/C28H24N4O4/c1-3-36-21-15-13-20(14-16-21)26-29-22(18-33)25-27(30-26)32(23-11-7-8-12-24(23)35-2)28(34)31(25)17-19-9-5-4-6-10-19/h4-16,18H,3,17H2,1-2H3. The summed E-state index contributed by atoms with van der Waals surface area (Å²) >= 11 is 0. The number of para-hydroxylation sites is 2. The number of hydrogen-bond acceptors (Lipinski definition) is 6. The number of hydrogen-bond donors (Lipinski definition) is 0. The molecule has 0 spiro atoms. The molecule has 5 rings (SSSR count). The number of carbonyl (C=O) groups is 1. The SMILES string of the molecule is CCOc1ccc(-c2nc(C=O)c3c(n2)n(-c2ccccc2OC)c(=O)n3Cc2ccccc2)cc1. The molecule has 0 aliphatic carbocycles. The summed E-state index contributed by atoms with van der Waals surface area (Å²) in [4.78, 5) is 35.4. The van der Waals surface area contributed by atoms with Gasteiger partial charge in [0.1, 0.15) is 22.7 Å². The first kappa shape index (κ1) is 23.0. The van der Waals surface area contributed by atoms with Crippen LogP contribution in [0.15, 0.2) is 83.7 Å². The van der Waals surface area contributed by atoms with E-state index in [2.05, 4.69) is 4.98 Å². The molecule has 36 heavy (non-hydrogen) atoms. The molecule has 2 aromatic heterocycles. The minimum absolute atomic E-state index is 0.130. The van der Waals surface area contributed by atoms with Crippen molar-refractivity contribution in [2.45, 2.75) is 13.5 Å². The first-order valence-electron chi connectivity index (χ1n) is 11.5. The second kappa shape index (κ2) is 9.87. The second-order valence-electron chi connectivity index (χ2n) is 8.04. The van der Waals surface area contributed by atoms with Crippen molar-refractivity contribution in [2.24, 2.45) is 0 Å². The summed E-state index contributed by atoms with van der Waals surface area (Å²) in [7, 11) is 1.55. The molecule has 0 radical (unpaired) electrons. The molecule has 0 bridgehead atoms. The third kappa shape index (κ3) is 4.13. The normalized spacial score (nSPS) is 10.9. The Hall–Kier alpha value is -4.72. The van der Waals surface area contributed by atoms with E-state index in [4.69, 9.17) is 14.5 Å². The number of aromatic nitrogens is 4. The Morgan fingerprint density at radius 1 is 0.917 bits per heavy atom. The number of carbonyl (C=O) groups excluding carboxylic acids is 1. The smallest absolute Gasteiger partial charge is 0.335 e. The van der Waals surface area contributed by atoms with Gasteiger partial charge in [-0.25, -0.2) is 19.3 Å². The predicted molar refractivity (Wildman–Crippen MR) is 137 cm³/mol. The molecule has 180 valence electrons. The van der Waals surface area contributed by atoms with Crippen molar-refractivity contribution in [3.8, 4) is 28.6 Å². The summed E-state index contributed by atoms with van der Waals surface area (Å²) in [6.45, 7) is 2.72. The van der Waals surface area contributed by atoms with Gasteiger partial charge in [0.05, 0.1) is 25.9 Å². The van der Waals surface area contributed by atoms with E-state index in [1.54, 1.807) is 19.2 Å². The van der Waals surface area contributed by atoms with Crippen molar-refractivity contribution in [2.75, 3.05) is 13.7 Å². The molecule has 3 aromatic carbocycles. The molecule has 5 aromatic rings. The van der Waals surface area contributed by atoms with Gasteiger partial charge in [0.25, 0.3) is 0 Å². The summed E-state index contributed by atoms with van der Waals surface area (Å²) in [5.41, 5.74) is 2.59. The third-order valence-electron chi connectivity index (χ3n) is 5.84. The van der Waals surface area contributed by atoms with Crippen molar-refractivity contribution < 1.29 is 14.3 Å². The van der Waals surface area contributed by atoms with Crippen LogP contribution in [0.3, 0.4) is 0 Å². The van der Waals surface area contributed by atoms with Gasteiger partial charge < -0.3 is 9.47 Å². The molecule has 2 heterocycles. The summed E-state index contributed by atoms with van der Waals surface area (Å²) in [5.74, 6) is 1.55. The van der Waals surface area contributed by atoms with Crippen LogP contribution in [-0.2, 0) is 6.54 Å². The Morgan fingerprint density at radius 2 is 1.64 bits per heavy atom. The predicted octanol–water partition coefficient (Wildman–Crippen LogP) is 4.52. The van der Waals surface area contributed by atoms with Gasteiger partial charge in [0.2, 0.25) is 0 Å². The number of benzene rings is 3. The highest BCUT2D eigenvalue weighted by molar-refractivity contribution is 5.93. The molecular weight excluding hydrogens is 456 g/mol. The summed E-state index contributed by atoms with van der Waals surface area (Å²) < 4.78 is 14.1. The van der Waals surface area contributed by atoms with Gasteiger partial charge in [0.15, 0.2) is 17.8 Å². The molecule has 0 atom stereocenters. The maximum absolute atomic E-state index is 13.9. The quantitative estimate of drug-likeness (QED) is 0.304. The van der Waals surface area contributed by atoms with Crippen LogP contribution in [0.1, 0.15) is 23.0 Å². The fraction of sp³-hybridized carbons (Fsp3) is 0.143. The van der Waals surface area contributed by atoms with Crippen molar-refractivity contribution in [3.63, 3.8) is 0 Å². The van der Waals surface area contributed by atoms with Gasteiger partial charge in [-0.3, -0.25) is 9.36 Å². The molecule has 0 amide bonds. The average Bonchev–Trinajstić information content (AvgIpc) is 3.20. The molecular formula is C28H24N4O4. The van der Waals surface area contributed by atoms with Gasteiger partial charge in [0, 0.05) is 5.56 Å². The third-order valence-corrected chi connectivity index (χ3v) is 5.84. The fourth-order valence-electron chi connectivity index (χ4n) is 4.20. The highest BCUT2D eigenvalue weighted by atomic mass is 16.5. The first-order chi connectivity index (χ1) is 17.6. The van der Waals surface area contributed by atoms with Gasteiger partial charge in [-0.15, -0.1) is 0 Å². The van der Waals surface area contributed by atoms with Crippen LogP contribution in [0, 0.1) is 0 Å². The van der Waals surface area contributed by atoms with Crippen LogP contribution in [0.5, 0.6) is 11.5 Å². The van der Waals surface area contributed by atoms with Crippen LogP contribution in [-0.4, -0.2) is 39.1 Å². The van der Waals surface area contributed by atoms with E-state index in [0.717, 1.165) is 11.3 Å². The number of imidazole rings is 1. The molecule has 8 heteroatoms. The second-order valence-corrected chi connectivity index (χ2v) is 8.04. The van der Waals surface area contributed by atoms with Crippen molar-refractivity contribution in [1.82, 2.24) is 19.1 Å². The largest absolute Gasteiger partial charge is 0.495 e. The van der Waals surface area contributed by atoms with E-state index in [9.17, 15) is 9.59 Å². The molecule has 0 unspecified atom stereocenters. The van der Waals surface area contributed by atoms with Crippen molar-refractivity contribution in [3.05, 3.63) is 101 Å². The van der Waals surface area contributed by atoms with E-state index in [1.165, 1.54) is 9.13 Å². The highest BCUT2D eigenvalue weighted by Crippen LogP contribution is 2.28. The van der Waals surface area contributed by atoms with Crippen LogP contribution >= 0.6 is 0 Å². The lowest BCUT2D eigenvalue weighted by Gasteiger charge is -2.09. The Balaban J connectivity index is 1.80. The fourth-order valence-corrected chi connectivity index (χ4v) is 4.20. The van der Waals surface area contributed by atoms with Gasteiger partial charge >= 0.3 is 5.69 Å². The van der Waals surface area contributed by atoms with Gasteiger partial charge in [-0.05, 0) is 48.9 Å². The Morgan fingerprint density at radius 3 is 2.33 bits per heavy atom. The monoisotopic (exact) mass is 480 g/mol. The van der Waals surface area contributed by atoms with E-state index in [1.807, 2.05) is 73.7 Å². The molecule has 0 aliphatic rings. The zero-order chi connectivity index (χ0) is 25.1. The molecule has 0 N–H and O–H groups in total. The number of methoxy groups -OCH3 is 1. The topological polar surface area (TPSA) is 88.2 Å². The van der Waals surface area contributed by atoms with Crippen molar-refractivity contribution >= 4 is 17.5 Å². The number of rotatable bonds is 8. The number of aldehydes is 1. The number of ether oxygens (including phenoxy) is 2. The molecule has 0 aliphatic heterocycles. The van der Waals surface area contributed by atoms with Crippen LogP contribution in [0.25, 0.3) is 28.2 Å². The van der Waals surface area contributed by atoms with Crippen LogP contribution in [0.4, 0.5) is 0 Å². The lowest BCUT2D eigenvalue weighted by molar-refractivity contribution is 0.112. The lowest BCUT2D eigenvalue weighted by Crippen LogP contribution is -2.24. The van der Waals surface area contributed by atoms with Crippen LogP contribution < -0.4 is 15.2 Å². The molecule has 0 saturated heterocycles. The van der Waals surface area contributed by atoms with Gasteiger partial charge in [-0.2, -0.15) is 0 Å². The van der Waals surface area contributed by atoms with Crippen LogP contribution in [0.2, 0.25) is 0 Å². The molecule has 8 nitrogen and oxygen atoms in total. The molecule has 0 fully saturated rings. The maximum Gasteiger partial charge on any atom is 0.335 e. The minimum atomic E-state index is -0.348. The van der Waals surface area contributed by atoms with Crippen molar-refractivity contribution in [1.29, 1.82) is 0 Å². The summed E-state index contributed by atoms with van der Waals surface area (Å²) in [6.07, 6.45) is 0.662. The summed E-state index contributed by atoms with van der Waals surface area (Å²) in [6, 6.07) is 24.1. The zero-order valence-electron chi connectivity index (χ0n) is 19.9. The zero-order valence-corrected chi connectivity index (χ0v) is 19.9. The van der Waals surface area contributed by atoms with Gasteiger partial charge in [-0.1, -0.05) is 42.5 Å². The molecule has 0 saturated carbocycles. The Bertz CT molecular complexity index is 1590. The minimum Gasteiger partial charge on any atom is -0.495 e. The van der Waals surface area contributed by atoms with E-state index in [0.29, 0.717) is 46.9 Å². The average molecular weight is 481 g/mol. The van der Waals surface area contributed by atoms with E-state index in [-0.39, 0.29) is 17.9 Å². The first-order valence-corrected chi connectivity index (χ1v) is 11.5. The summed E-state index contributed by atoms with van der Waals surface area (Å²) in [5, 5.41) is 0. The number of nitrogens with zero attached hydrogens (tertiary/aromatic N) is 4. The lowest BCUT2D eigenvalue weighted by atomic mass is 10.2. The van der Waals surface area contributed by atoms with E-state index < -0.39 is 0 Å².